The van der Waals surface area contributed by atoms with Crippen molar-refractivity contribution in [1.29, 1.82) is 0 Å². The van der Waals surface area contributed by atoms with Gasteiger partial charge >= 0.3 is 12.1 Å². The zero-order valence-corrected chi connectivity index (χ0v) is 16.3. The van der Waals surface area contributed by atoms with Gasteiger partial charge in [0, 0.05) is 18.2 Å². The van der Waals surface area contributed by atoms with Crippen molar-refractivity contribution in [3.8, 4) is 11.3 Å². The van der Waals surface area contributed by atoms with Gasteiger partial charge in [-0.25, -0.2) is 9.18 Å². The van der Waals surface area contributed by atoms with Gasteiger partial charge in [-0.2, -0.15) is 13.2 Å². The highest BCUT2D eigenvalue weighted by Gasteiger charge is 2.47. The van der Waals surface area contributed by atoms with E-state index in [1.165, 1.54) is 12.1 Å². The topological polar surface area (TPSA) is 104 Å². The first-order valence-corrected chi connectivity index (χ1v) is 9.60. The molecule has 1 aliphatic heterocycles. The number of nitrogens with zero attached hydrogens (tertiary/aromatic N) is 1. The third kappa shape index (κ3) is 5.60. The highest BCUT2D eigenvalue weighted by atomic mass is 19.4. The Morgan fingerprint density at radius 3 is 2.61 bits per heavy atom. The van der Waals surface area contributed by atoms with Gasteiger partial charge in [-0.15, -0.1) is 0 Å². The molecular formula is C20H21F4N3O4. The lowest BCUT2D eigenvalue weighted by Gasteiger charge is -2.32. The van der Waals surface area contributed by atoms with Crippen LogP contribution in [0, 0.1) is 17.2 Å². The molecule has 1 aromatic heterocycles. The van der Waals surface area contributed by atoms with Crippen LogP contribution in [-0.2, 0) is 16.1 Å². The van der Waals surface area contributed by atoms with Crippen molar-refractivity contribution in [1.82, 2.24) is 15.8 Å². The molecule has 11 heteroatoms. The number of aliphatic carboxylic acids is 1. The van der Waals surface area contributed by atoms with E-state index in [0.717, 1.165) is 37.9 Å². The molecule has 2 aromatic rings. The zero-order valence-electron chi connectivity index (χ0n) is 16.3. The number of fused-ring (bicyclic) bond motifs is 2. The van der Waals surface area contributed by atoms with Crippen molar-refractivity contribution in [3.05, 3.63) is 41.8 Å². The molecule has 2 aliphatic rings. The number of benzene rings is 1. The Labute approximate surface area is 174 Å². The van der Waals surface area contributed by atoms with Crippen LogP contribution in [0.2, 0.25) is 0 Å². The Hall–Kier alpha value is -2.95. The van der Waals surface area contributed by atoms with E-state index in [1.54, 1.807) is 18.2 Å². The molecule has 3 N–H and O–H groups in total. The van der Waals surface area contributed by atoms with E-state index in [2.05, 4.69) is 15.8 Å². The standard InChI is InChI=1S/C18H20FN3O2.C2HF3O2/c19-14-3-1-13(2-4-14)16-7-15(22-24-16)10-21-17(23)18-6-5-12(8-18)9-20-11-18;3-2(4,5)1(6)7/h1-4,7,12,20H,5-6,8-11H2,(H,21,23);(H,6,7). The van der Waals surface area contributed by atoms with Crippen LogP contribution in [-0.4, -0.2) is 41.4 Å². The van der Waals surface area contributed by atoms with E-state index < -0.39 is 12.1 Å². The van der Waals surface area contributed by atoms with E-state index in [4.69, 9.17) is 14.4 Å². The number of alkyl halides is 3. The minimum absolute atomic E-state index is 0.100. The van der Waals surface area contributed by atoms with Crippen LogP contribution < -0.4 is 10.6 Å². The summed E-state index contributed by atoms with van der Waals surface area (Å²) in [6, 6.07) is 7.82. The average molecular weight is 443 g/mol. The van der Waals surface area contributed by atoms with Gasteiger partial charge < -0.3 is 20.3 Å². The van der Waals surface area contributed by atoms with Crippen LogP contribution >= 0.6 is 0 Å². The Morgan fingerprint density at radius 1 is 1.29 bits per heavy atom. The third-order valence-corrected chi connectivity index (χ3v) is 5.45. The van der Waals surface area contributed by atoms with Crippen LogP contribution in [0.25, 0.3) is 11.3 Å². The van der Waals surface area contributed by atoms with Crippen LogP contribution in [0.4, 0.5) is 17.6 Å². The van der Waals surface area contributed by atoms with Gasteiger partial charge in [0.1, 0.15) is 11.5 Å². The summed E-state index contributed by atoms with van der Waals surface area (Å²) in [5.41, 5.74) is 1.17. The van der Waals surface area contributed by atoms with Gasteiger partial charge in [-0.3, -0.25) is 4.79 Å². The first kappa shape index (κ1) is 22.7. The lowest BCUT2D eigenvalue weighted by Crippen LogP contribution is -2.49. The van der Waals surface area contributed by atoms with Crippen LogP contribution in [0.15, 0.2) is 34.9 Å². The number of halogens is 4. The third-order valence-electron chi connectivity index (χ3n) is 5.45. The van der Waals surface area contributed by atoms with Crippen molar-refractivity contribution in [2.75, 3.05) is 13.1 Å². The number of hydrogen-bond acceptors (Lipinski definition) is 5. The number of piperidine rings is 1. The molecule has 31 heavy (non-hydrogen) atoms. The second-order valence-electron chi connectivity index (χ2n) is 7.70. The molecule has 2 unspecified atom stereocenters. The molecule has 0 radical (unpaired) electrons. The quantitative estimate of drug-likeness (QED) is 0.628. The second-order valence-corrected chi connectivity index (χ2v) is 7.70. The minimum atomic E-state index is -5.08. The highest BCUT2D eigenvalue weighted by molar-refractivity contribution is 5.83. The summed E-state index contributed by atoms with van der Waals surface area (Å²) in [5, 5.41) is 17.5. The smallest absolute Gasteiger partial charge is 0.475 e. The summed E-state index contributed by atoms with van der Waals surface area (Å²) in [6.07, 6.45) is -2.03. The summed E-state index contributed by atoms with van der Waals surface area (Å²) >= 11 is 0. The molecule has 1 saturated heterocycles. The van der Waals surface area contributed by atoms with Crippen LogP contribution in [0.3, 0.4) is 0 Å². The number of carbonyl (C=O) groups is 2. The summed E-state index contributed by atoms with van der Waals surface area (Å²) < 4.78 is 50.0. The lowest BCUT2D eigenvalue weighted by atomic mass is 9.82. The maximum absolute atomic E-state index is 13.0. The molecule has 7 nitrogen and oxygen atoms in total. The predicted octanol–water partition coefficient (Wildman–Crippen LogP) is 3.12. The Bertz CT molecular complexity index is 925. The number of aromatic nitrogens is 1. The number of amides is 1. The average Bonchev–Trinajstić information content (AvgIpc) is 3.31. The minimum Gasteiger partial charge on any atom is -0.475 e. The molecule has 0 spiro atoms. The van der Waals surface area contributed by atoms with Gasteiger partial charge in [0.25, 0.3) is 0 Å². The molecule has 2 heterocycles. The van der Waals surface area contributed by atoms with Crippen LogP contribution in [0.5, 0.6) is 0 Å². The number of hydrogen-bond donors (Lipinski definition) is 3. The largest absolute Gasteiger partial charge is 0.490 e. The Morgan fingerprint density at radius 2 is 1.97 bits per heavy atom. The van der Waals surface area contributed by atoms with E-state index >= 15 is 0 Å². The molecule has 168 valence electrons. The second kappa shape index (κ2) is 9.04. The monoisotopic (exact) mass is 443 g/mol. The molecule has 2 atom stereocenters. The normalized spacial score (nSPS) is 22.4. The van der Waals surface area contributed by atoms with E-state index in [9.17, 15) is 22.4 Å². The molecule has 1 amide bonds. The number of carbonyl (C=O) groups excluding carboxylic acids is 1. The molecule has 4 rings (SSSR count). The van der Waals surface area contributed by atoms with E-state index in [0.29, 0.717) is 23.9 Å². The van der Waals surface area contributed by atoms with Gasteiger partial charge in [-0.1, -0.05) is 5.16 Å². The fraction of sp³-hybridized carbons (Fsp3) is 0.450. The molecule has 2 fully saturated rings. The van der Waals surface area contributed by atoms with Gasteiger partial charge in [-0.05, 0) is 56.0 Å². The first-order chi connectivity index (χ1) is 14.6. The maximum Gasteiger partial charge on any atom is 0.490 e. The zero-order chi connectivity index (χ0) is 22.6. The first-order valence-electron chi connectivity index (χ1n) is 9.60. The van der Waals surface area contributed by atoms with Crippen molar-refractivity contribution in [2.45, 2.75) is 32.0 Å². The highest BCUT2D eigenvalue weighted by Crippen LogP contribution is 2.43. The van der Waals surface area contributed by atoms with Crippen LogP contribution in [0.1, 0.15) is 25.0 Å². The van der Waals surface area contributed by atoms with Crippen molar-refractivity contribution in [3.63, 3.8) is 0 Å². The summed E-state index contributed by atoms with van der Waals surface area (Å²) in [6.45, 7) is 2.13. The van der Waals surface area contributed by atoms with Crippen molar-refractivity contribution >= 4 is 11.9 Å². The number of rotatable bonds is 4. The number of nitrogens with one attached hydrogen (secondary N) is 2. The van der Waals surface area contributed by atoms with E-state index in [-0.39, 0.29) is 17.1 Å². The molecule has 1 aromatic carbocycles. The Balaban J connectivity index is 0.000000339. The van der Waals surface area contributed by atoms with Gasteiger partial charge in [0.15, 0.2) is 5.76 Å². The SMILES string of the molecule is O=C(NCc1cc(-c2ccc(F)cc2)on1)C12CCC(CNC1)C2.O=C(O)C(F)(F)F. The molecule has 1 saturated carbocycles. The number of carboxylic acids is 1. The number of carboxylic acid groups (broad SMARTS) is 1. The molecule has 1 aliphatic carbocycles. The predicted molar refractivity (Wildman–Crippen MR) is 100 cm³/mol. The summed E-state index contributed by atoms with van der Waals surface area (Å²) in [5.74, 6) is -1.75. The lowest BCUT2D eigenvalue weighted by molar-refractivity contribution is -0.192. The van der Waals surface area contributed by atoms with E-state index in [1.807, 2.05) is 0 Å². The van der Waals surface area contributed by atoms with Gasteiger partial charge in [0.05, 0.1) is 12.0 Å². The summed E-state index contributed by atoms with van der Waals surface area (Å²) in [4.78, 5) is 21.5. The Kier molecular flexibility index (Phi) is 6.63. The maximum atomic E-state index is 13.0. The summed E-state index contributed by atoms with van der Waals surface area (Å²) in [7, 11) is 0. The fourth-order valence-corrected chi connectivity index (χ4v) is 3.88. The van der Waals surface area contributed by atoms with Gasteiger partial charge in [0.2, 0.25) is 5.91 Å². The fourth-order valence-electron chi connectivity index (χ4n) is 3.88. The van der Waals surface area contributed by atoms with Crippen molar-refractivity contribution in [2.24, 2.45) is 11.3 Å². The van der Waals surface area contributed by atoms with Crippen molar-refractivity contribution < 1.29 is 36.8 Å². The molecular weight excluding hydrogens is 422 g/mol. The molecule has 2 bridgehead atoms.